The predicted octanol–water partition coefficient (Wildman–Crippen LogP) is 4.75. The molecule has 0 N–H and O–H groups in total. The Kier molecular flexibility index (Phi) is 4.95. The van der Waals surface area contributed by atoms with E-state index in [1.807, 2.05) is 11.0 Å². The van der Waals surface area contributed by atoms with Gasteiger partial charge in [-0.2, -0.15) is 0 Å². The van der Waals surface area contributed by atoms with E-state index in [0.717, 1.165) is 41.8 Å². The first-order valence-corrected chi connectivity index (χ1v) is 9.61. The van der Waals surface area contributed by atoms with E-state index in [1.165, 1.54) is 11.1 Å². The van der Waals surface area contributed by atoms with Crippen molar-refractivity contribution in [3.8, 4) is 0 Å². The Morgan fingerprint density at radius 2 is 1.89 bits per heavy atom. The van der Waals surface area contributed by atoms with Gasteiger partial charge in [0.25, 0.3) is 5.91 Å². The van der Waals surface area contributed by atoms with Gasteiger partial charge in [-0.3, -0.25) is 4.79 Å². The first-order chi connectivity index (χ1) is 13.1. The number of rotatable bonds is 4. The number of aryl methyl sites for hydroxylation is 2. The summed E-state index contributed by atoms with van der Waals surface area (Å²) in [5.41, 5.74) is 6.54. The minimum atomic E-state index is 0.0425. The molecule has 3 heteroatoms. The molecule has 1 saturated heterocycles. The van der Waals surface area contributed by atoms with Gasteiger partial charge < -0.3 is 9.64 Å². The van der Waals surface area contributed by atoms with Crippen LogP contribution in [0.5, 0.6) is 0 Å². The van der Waals surface area contributed by atoms with Gasteiger partial charge in [-0.25, -0.2) is 0 Å². The van der Waals surface area contributed by atoms with Crippen LogP contribution in [-0.2, 0) is 9.53 Å². The van der Waals surface area contributed by atoms with E-state index in [2.05, 4.69) is 62.4 Å². The van der Waals surface area contributed by atoms with Gasteiger partial charge in [0.05, 0.1) is 18.3 Å². The summed E-state index contributed by atoms with van der Waals surface area (Å²) in [6.07, 6.45) is 6.11. The number of amides is 1. The van der Waals surface area contributed by atoms with Gasteiger partial charge in [-0.05, 0) is 43.9 Å². The number of ether oxygens (including phenoxy) is 1. The number of nitrogens with zero attached hydrogens (tertiary/aromatic N) is 1. The van der Waals surface area contributed by atoms with E-state index in [0.29, 0.717) is 6.54 Å². The van der Waals surface area contributed by atoms with Gasteiger partial charge in [0.15, 0.2) is 0 Å². The Morgan fingerprint density at radius 3 is 2.59 bits per heavy atom. The maximum absolute atomic E-state index is 12.9. The average Bonchev–Trinajstić information content (AvgIpc) is 3.25. The maximum atomic E-state index is 12.9. The predicted molar refractivity (Wildman–Crippen MR) is 109 cm³/mol. The third kappa shape index (κ3) is 3.88. The monoisotopic (exact) mass is 359 g/mol. The van der Waals surface area contributed by atoms with E-state index in [4.69, 9.17) is 4.74 Å². The molecule has 0 bridgehead atoms. The van der Waals surface area contributed by atoms with Gasteiger partial charge >= 0.3 is 0 Å². The van der Waals surface area contributed by atoms with Crippen LogP contribution in [0.2, 0.25) is 0 Å². The van der Waals surface area contributed by atoms with Crippen LogP contribution in [0.3, 0.4) is 0 Å². The second kappa shape index (κ2) is 7.53. The molecule has 138 valence electrons. The zero-order valence-electron chi connectivity index (χ0n) is 15.9. The summed E-state index contributed by atoms with van der Waals surface area (Å²) in [6.45, 7) is 5.57. The van der Waals surface area contributed by atoms with Crippen molar-refractivity contribution in [2.75, 3.05) is 13.2 Å². The van der Waals surface area contributed by atoms with Crippen LogP contribution >= 0.6 is 0 Å². The Balaban J connectivity index is 1.74. The number of hydrogen-bond donors (Lipinski definition) is 0. The Bertz CT molecular complexity index is 919. The van der Waals surface area contributed by atoms with Crippen molar-refractivity contribution in [2.24, 2.45) is 0 Å². The number of hydrogen-bond acceptors (Lipinski definition) is 2. The Morgan fingerprint density at radius 1 is 1.11 bits per heavy atom. The molecule has 4 rings (SSSR count). The molecule has 2 aliphatic rings. The van der Waals surface area contributed by atoms with Gasteiger partial charge in [-0.15, -0.1) is 0 Å². The van der Waals surface area contributed by atoms with Crippen LogP contribution in [0.15, 0.2) is 60.3 Å². The highest BCUT2D eigenvalue weighted by molar-refractivity contribution is 6.08. The normalized spacial score (nSPS) is 21.2. The first-order valence-electron chi connectivity index (χ1n) is 9.61. The molecule has 3 nitrogen and oxygen atoms in total. The van der Waals surface area contributed by atoms with Crippen molar-refractivity contribution < 1.29 is 9.53 Å². The molecule has 0 radical (unpaired) electrons. The van der Waals surface area contributed by atoms with Crippen LogP contribution in [0.1, 0.15) is 35.1 Å². The largest absolute Gasteiger partial charge is 0.376 e. The molecular formula is C24H25NO2. The van der Waals surface area contributed by atoms with Crippen molar-refractivity contribution in [3.63, 3.8) is 0 Å². The molecule has 1 amide bonds. The lowest BCUT2D eigenvalue weighted by Gasteiger charge is -2.23. The fraction of sp³-hybridized carbons (Fsp3) is 0.292. The Hall–Kier alpha value is -2.65. The standard InChI is InChI=1S/C24H25NO2/c1-17-6-3-8-19(12-17)14-23-22(20-9-4-7-18(2)13-20)15-24(26)25(23)16-21-10-5-11-27-21/h3-4,6-9,12-15,21H,5,10-11,16H2,1-2H3/b23-14-. The third-order valence-electron chi connectivity index (χ3n) is 5.19. The molecule has 2 aromatic carbocycles. The molecule has 0 aromatic heterocycles. The van der Waals surface area contributed by atoms with Crippen LogP contribution < -0.4 is 0 Å². The summed E-state index contributed by atoms with van der Waals surface area (Å²) < 4.78 is 5.80. The number of allylic oxidation sites excluding steroid dienone is 1. The van der Waals surface area contributed by atoms with Gasteiger partial charge in [0.1, 0.15) is 0 Å². The zero-order valence-corrected chi connectivity index (χ0v) is 15.9. The summed E-state index contributed by atoms with van der Waals surface area (Å²) in [4.78, 5) is 14.7. The van der Waals surface area contributed by atoms with Crippen molar-refractivity contribution in [3.05, 3.63) is 82.6 Å². The molecule has 1 fully saturated rings. The summed E-state index contributed by atoms with van der Waals surface area (Å²) >= 11 is 0. The fourth-order valence-electron chi connectivity index (χ4n) is 3.84. The third-order valence-corrected chi connectivity index (χ3v) is 5.19. The summed E-state index contributed by atoms with van der Waals surface area (Å²) in [5, 5.41) is 0. The molecule has 2 aliphatic heterocycles. The van der Waals surface area contributed by atoms with E-state index < -0.39 is 0 Å². The lowest BCUT2D eigenvalue weighted by molar-refractivity contribution is -0.124. The van der Waals surface area contributed by atoms with Crippen LogP contribution in [0.4, 0.5) is 0 Å². The molecule has 27 heavy (non-hydrogen) atoms. The molecule has 0 spiro atoms. The van der Waals surface area contributed by atoms with Crippen molar-refractivity contribution in [1.82, 2.24) is 4.90 Å². The van der Waals surface area contributed by atoms with Gasteiger partial charge in [-0.1, -0.05) is 59.7 Å². The molecular weight excluding hydrogens is 334 g/mol. The summed E-state index contributed by atoms with van der Waals surface area (Å²) in [6, 6.07) is 16.7. The first kappa shape index (κ1) is 17.7. The quantitative estimate of drug-likeness (QED) is 0.788. The highest BCUT2D eigenvalue weighted by atomic mass is 16.5. The topological polar surface area (TPSA) is 29.5 Å². The van der Waals surface area contributed by atoms with E-state index in [9.17, 15) is 4.79 Å². The van der Waals surface area contributed by atoms with E-state index in [1.54, 1.807) is 6.08 Å². The molecule has 0 aliphatic carbocycles. The zero-order chi connectivity index (χ0) is 18.8. The van der Waals surface area contributed by atoms with Crippen molar-refractivity contribution in [2.45, 2.75) is 32.8 Å². The minimum Gasteiger partial charge on any atom is -0.376 e. The second-order valence-corrected chi connectivity index (χ2v) is 7.46. The van der Waals surface area contributed by atoms with Gasteiger partial charge in [0, 0.05) is 18.3 Å². The minimum absolute atomic E-state index is 0.0425. The highest BCUT2D eigenvalue weighted by Crippen LogP contribution is 2.35. The smallest absolute Gasteiger partial charge is 0.251 e. The van der Waals surface area contributed by atoms with Crippen molar-refractivity contribution in [1.29, 1.82) is 0 Å². The molecule has 1 unspecified atom stereocenters. The maximum Gasteiger partial charge on any atom is 0.251 e. The van der Waals surface area contributed by atoms with E-state index in [-0.39, 0.29) is 12.0 Å². The van der Waals surface area contributed by atoms with Crippen LogP contribution in [0, 0.1) is 13.8 Å². The van der Waals surface area contributed by atoms with Crippen LogP contribution in [0.25, 0.3) is 11.6 Å². The van der Waals surface area contributed by atoms with Crippen LogP contribution in [-0.4, -0.2) is 30.1 Å². The lowest BCUT2D eigenvalue weighted by Crippen LogP contribution is -2.32. The molecule has 2 aromatic rings. The molecule has 1 atom stereocenters. The van der Waals surface area contributed by atoms with E-state index >= 15 is 0 Å². The second-order valence-electron chi connectivity index (χ2n) is 7.46. The fourth-order valence-corrected chi connectivity index (χ4v) is 3.84. The summed E-state index contributed by atoms with van der Waals surface area (Å²) in [5.74, 6) is 0.0425. The molecule has 2 heterocycles. The van der Waals surface area contributed by atoms with Gasteiger partial charge in [0.2, 0.25) is 0 Å². The summed E-state index contributed by atoms with van der Waals surface area (Å²) in [7, 11) is 0. The number of carbonyl (C=O) groups is 1. The average molecular weight is 359 g/mol. The Labute approximate surface area is 161 Å². The lowest BCUT2D eigenvalue weighted by atomic mass is 10.00. The SMILES string of the molecule is Cc1cccc(/C=C2/C(c3cccc(C)c3)=CC(=O)N2CC2CCCO2)c1. The number of carbonyl (C=O) groups excluding carboxylic acids is 1. The highest BCUT2D eigenvalue weighted by Gasteiger charge is 2.31. The molecule has 0 saturated carbocycles. The van der Waals surface area contributed by atoms with Crippen molar-refractivity contribution >= 4 is 17.6 Å². The number of benzene rings is 2.